The zero-order valence-corrected chi connectivity index (χ0v) is 19.4. The summed E-state index contributed by atoms with van der Waals surface area (Å²) in [4.78, 5) is 23.7. The van der Waals surface area contributed by atoms with E-state index in [1.165, 1.54) is 11.3 Å². The third-order valence-electron chi connectivity index (χ3n) is 5.85. The van der Waals surface area contributed by atoms with Gasteiger partial charge in [0.2, 0.25) is 5.91 Å². The van der Waals surface area contributed by atoms with Crippen LogP contribution in [0.2, 0.25) is 0 Å². The number of methoxy groups -OCH3 is 2. The lowest BCUT2D eigenvalue weighted by atomic mass is 10.2. The van der Waals surface area contributed by atoms with Gasteiger partial charge in [-0.05, 0) is 50.7 Å². The fourth-order valence-corrected chi connectivity index (χ4v) is 5.01. The van der Waals surface area contributed by atoms with Gasteiger partial charge in [-0.1, -0.05) is 11.3 Å². The van der Waals surface area contributed by atoms with Crippen molar-refractivity contribution in [2.45, 2.75) is 18.9 Å². The maximum Gasteiger partial charge on any atom is 0.243 e. The zero-order chi connectivity index (χ0) is 22.9. The summed E-state index contributed by atoms with van der Waals surface area (Å²) in [5.41, 5.74) is 1.55. The van der Waals surface area contributed by atoms with E-state index < -0.39 is 0 Å². The molecule has 1 fully saturated rings. The molecule has 1 amide bonds. The molecular formula is C24H24N4O4S. The van der Waals surface area contributed by atoms with Gasteiger partial charge in [0, 0.05) is 23.7 Å². The Labute approximate surface area is 195 Å². The summed E-state index contributed by atoms with van der Waals surface area (Å²) in [6, 6.07) is 11.1. The number of nitrogens with one attached hydrogen (secondary N) is 1. The Bertz CT molecular complexity index is 1340. The number of pyridine rings is 1. The van der Waals surface area contributed by atoms with Crippen LogP contribution in [-0.2, 0) is 4.79 Å². The molecule has 2 aromatic carbocycles. The van der Waals surface area contributed by atoms with Gasteiger partial charge in [-0.3, -0.25) is 14.7 Å². The molecule has 1 atom stereocenters. The van der Waals surface area contributed by atoms with Crippen molar-refractivity contribution in [3.63, 3.8) is 0 Å². The molecule has 0 aliphatic carbocycles. The lowest BCUT2D eigenvalue weighted by molar-refractivity contribution is -0.119. The van der Waals surface area contributed by atoms with Crippen LogP contribution in [0.1, 0.15) is 12.8 Å². The van der Waals surface area contributed by atoms with Crippen molar-refractivity contribution >= 4 is 43.5 Å². The molecule has 2 aromatic heterocycles. The number of hydrogen-bond donors (Lipinski definition) is 1. The number of carbonyl (C=O) groups is 1. The van der Waals surface area contributed by atoms with Crippen LogP contribution < -0.4 is 19.5 Å². The second-order valence-corrected chi connectivity index (χ2v) is 8.94. The lowest BCUT2D eigenvalue weighted by Crippen LogP contribution is -2.37. The molecule has 1 aliphatic rings. The van der Waals surface area contributed by atoms with Crippen LogP contribution >= 0.6 is 11.3 Å². The smallest absolute Gasteiger partial charge is 0.243 e. The SMILES string of the molecule is COc1cc2nccc(Oc3ccc4nc(NC(=O)[C@@H]5CCCN5C)sc4c3)c2cc1OC. The number of rotatable bonds is 6. The number of likely N-dealkylation sites (N-methyl/N-ethyl adjacent to an activating group) is 1. The Balaban J connectivity index is 1.40. The van der Waals surface area contributed by atoms with E-state index in [4.69, 9.17) is 14.2 Å². The van der Waals surface area contributed by atoms with Gasteiger partial charge in [0.25, 0.3) is 0 Å². The minimum atomic E-state index is -0.0912. The monoisotopic (exact) mass is 464 g/mol. The summed E-state index contributed by atoms with van der Waals surface area (Å²) in [5, 5.41) is 4.38. The predicted molar refractivity (Wildman–Crippen MR) is 129 cm³/mol. The normalized spacial score (nSPS) is 16.3. The molecule has 5 rings (SSSR count). The van der Waals surface area contributed by atoms with Crippen LogP contribution in [0, 0.1) is 0 Å². The standard InChI is InChI=1S/C24H24N4O4S/c1-28-10-4-5-18(28)23(29)27-24-26-16-7-6-14(11-22(16)33-24)32-19-8-9-25-17-13-21(31-3)20(30-2)12-15(17)19/h6-9,11-13,18H,4-5,10H2,1-3H3,(H,26,27,29)/t18-/m0/s1. The van der Waals surface area contributed by atoms with E-state index >= 15 is 0 Å². The maximum atomic E-state index is 12.6. The van der Waals surface area contributed by atoms with Gasteiger partial charge in [0.1, 0.15) is 11.5 Å². The first-order chi connectivity index (χ1) is 16.1. The maximum absolute atomic E-state index is 12.6. The van der Waals surface area contributed by atoms with E-state index in [-0.39, 0.29) is 11.9 Å². The highest BCUT2D eigenvalue weighted by molar-refractivity contribution is 7.22. The summed E-state index contributed by atoms with van der Waals surface area (Å²) < 4.78 is 17.9. The summed E-state index contributed by atoms with van der Waals surface area (Å²) in [5.74, 6) is 2.54. The highest BCUT2D eigenvalue weighted by Gasteiger charge is 2.28. The number of nitrogens with zero attached hydrogens (tertiary/aromatic N) is 3. The van der Waals surface area contributed by atoms with Crippen LogP contribution in [0.5, 0.6) is 23.0 Å². The predicted octanol–water partition coefficient (Wildman–Crippen LogP) is 4.69. The molecule has 3 heterocycles. The van der Waals surface area contributed by atoms with Crippen molar-refractivity contribution in [3.8, 4) is 23.0 Å². The van der Waals surface area contributed by atoms with E-state index in [0.29, 0.717) is 28.1 Å². The van der Waals surface area contributed by atoms with Gasteiger partial charge < -0.3 is 19.5 Å². The Morgan fingerprint density at radius 1 is 1.09 bits per heavy atom. The van der Waals surface area contributed by atoms with Crippen molar-refractivity contribution in [1.29, 1.82) is 0 Å². The van der Waals surface area contributed by atoms with E-state index in [1.807, 2.05) is 43.4 Å². The van der Waals surface area contributed by atoms with Crippen LogP contribution in [0.15, 0.2) is 42.6 Å². The second-order valence-electron chi connectivity index (χ2n) is 7.91. The largest absolute Gasteiger partial charge is 0.493 e. The van der Waals surface area contributed by atoms with Crippen LogP contribution in [0.25, 0.3) is 21.1 Å². The zero-order valence-electron chi connectivity index (χ0n) is 18.6. The van der Waals surface area contributed by atoms with Crippen molar-refractivity contribution in [2.75, 3.05) is 33.1 Å². The van der Waals surface area contributed by atoms with Crippen LogP contribution in [0.4, 0.5) is 5.13 Å². The third-order valence-corrected chi connectivity index (χ3v) is 6.78. The van der Waals surface area contributed by atoms with E-state index in [9.17, 15) is 4.79 Å². The van der Waals surface area contributed by atoms with Gasteiger partial charge in [-0.25, -0.2) is 4.98 Å². The number of amides is 1. The van der Waals surface area contributed by atoms with Crippen molar-refractivity contribution in [1.82, 2.24) is 14.9 Å². The number of anilines is 1. The molecular weight excluding hydrogens is 440 g/mol. The summed E-state index contributed by atoms with van der Waals surface area (Å²) in [6.45, 7) is 0.945. The molecule has 170 valence electrons. The summed E-state index contributed by atoms with van der Waals surface area (Å²) in [7, 11) is 5.17. The first kappa shape index (κ1) is 21.4. The minimum Gasteiger partial charge on any atom is -0.493 e. The topological polar surface area (TPSA) is 85.8 Å². The molecule has 8 nitrogen and oxygen atoms in total. The number of hydrogen-bond acceptors (Lipinski definition) is 8. The Morgan fingerprint density at radius 2 is 1.91 bits per heavy atom. The molecule has 0 unspecified atom stereocenters. The molecule has 1 N–H and O–H groups in total. The fraction of sp³-hybridized carbons (Fsp3) is 0.292. The Kier molecular flexibility index (Phi) is 5.74. The molecule has 33 heavy (non-hydrogen) atoms. The number of carbonyl (C=O) groups excluding carboxylic acids is 1. The number of thiazole rings is 1. The quantitative estimate of drug-likeness (QED) is 0.443. The van der Waals surface area contributed by atoms with Crippen molar-refractivity contribution < 1.29 is 19.0 Å². The van der Waals surface area contributed by atoms with Crippen molar-refractivity contribution in [3.05, 3.63) is 42.6 Å². The molecule has 0 radical (unpaired) electrons. The van der Waals surface area contributed by atoms with E-state index in [2.05, 4.69) is 20.2 Å². The molecule has 4 aromatic rings. The summed E-state index contributed by atoms with van der Waals surface area (Å²) >= 11 is 1.43. The fourth-order valence-electron chi connectivity index (χ4n) is 4.12. The highest BCUT2D eigenvalue weighted by atomic mass is 32.1. The first-order valence-corrected chi connectivity index (χ1v) is 11.5. The van der Waals surface area contributed by atoms with Gasteiger partial charge in [-0.15, -0.1) is 0 Å². The highest BCUT2D eigenvalue weighted by Crippen LogP contribution is 2.38. The number of likely N-dealkylation sites (tertiary alicyclic amines) is 1. The van der Waals surface area contributed by atoms with Crippen LogP contribution in [-0.4, -0.2) is 54.6 Å². The van der Waals surface area contributed by atoms with E-state index in [0.717, 1.165) is 40.5 Å². The molecule has 0 saturated carbocycles. The minimum absolute atomic E-state index is 0.00170. The van der Waals surface area contributed by atoms with Gasteiger partial charge >= 0.3 is 0 Å². The lowest BCUT2D eigenvalue weighted by Gasteiger charge is -2.17. The Morgan fingerprint density at radius 3 is 2.67 bits per heavy atom. The van der Waals surface area contributed by atoms with E-state index in [1.54, 1.807) is 20.4 Å². The first-order valence-electron chi connectivity index (χ1n) is 10.7. The number of aromatic nitrogens is 2. The summed E-state index contributed by atoms with van der Waals surface area (Å²) in [6.07, 6.45) is 3.61. The number of ether oxygens (including phenoxy) is 3. The van der Waals surface area contributed by atoms with Gasteiger partial charge in [0.15, 0.2) is 16.6 Å². The number of benzene rings is 2. The Hall–Kier alpha value is -3.43. The van der Waals surface area contributed by atoms with Crippen molar-refractivity contribution in [2.24, 2.45) is 0 Å². The average Bonchev–Trinajstić information content (AvgIpc) is 3.43. The molecule has 1 aliphatic heterocycles. The molecule has 0 spiro atoms. The number of fused-ring (bicyclic) bond motifs is 2. The average molecular weight is 465 g/mol. The second kappa shape index (κ2) is 8.84. The van der Waals surface area contributed by atoms with Gasteiger partial charge in [-0.2, -0.15) is 0 Å². The molecule has 1 saturated heterocycles. The van der Waals surface area contributed by atoms with Gasteiger partial charge in [0.05, 0.1) is 36.0 Å². The molecule has 0 bridgehead atoms. The van der Waals surface area contributed by atoms with Crippen LogP contribution in [0.3, 0.4) is 0 Å². The third kappa shape index (κ3) is 4.17. The molecule has 9 heteroatoms.